The minimum Gasteiger partial charge on any atom is -0.324 e. The second-order valence-corrected chi connectivity index (χ2v) is 3.16. The van der Waals surface area contributed by atoms with E-state index in [-0.39, 0.29) is 6.04 Å². The van der Waals surface area contributed by atoms with Crippen LogP contribution in [0.1, 0.15) is 20.3 Å². The Morgan fingerprint density at radius 3 is 2.46 bits per heavy atom. The number of nitrogens with two attached hydrogens (primary N) is 1. The highest BCUT2D eigenvalue weighted by atomic mass is 14.6. The summed E-state index contributed by atoms with van der Waals surface area (Å²) in [6, 6.07) is 8.46. The summed E-state index contributed by atoms with van der Waals surface area (Å²) in [5, 5.41) is 2.49. The van der Waals surface area contributed by atoms with Crippen LogP contribution in [0.3, 0.4) is 0 Å². The van der Waals surface area contributed by atoms with E-state index in [1.54, 1.807) is 0 Å². The second-order valence-electron chi connectivity index (χ2n) is 3.16. The van der Waals surface area contributed by atoms with Crippen molar-refractivity contribution in [1.82, 2.24) is 0 Å². The van der Waals surface area contributed by atoms with E-state index in [2.05, 4.69) is 31.2 Å². The summed E-state index contributed by atoms with van der Waals surface area (Å²) in [5.41, 5.74) is 5.86. The molecular weight excluding hydrogens is 158 g/mol. The lowest BCUT2D eigenvalue weighted by atomic mass is 10.1. The molecule has 1 aromatic rings. The molecule has 70 valence electrons. The summed E-state index contributed by atoms with van der Waals surface area (Å²) in [6.07, 6.45) is 5.21. The number of rotatable bonds is 2. The van der Waals surface area contributed by atoms with E-state index < -0.39 is 0 Å². The Balaban J connectivity index is 3.21. The van der Waals surface area contributed by atoms with Crippen LogP contribution >= 0.6 is 0 Å². The lowest BCUT2D eigenvalue weighted by molar-refractivity contribution is 0.815. The summed E-state index contributed by atoms with van der Waals surface area (Å²) < 4.78 is 0. The maximum Gasteiger partial charge on any atom is 0.0230 e. The van der Waals surface area contributed by atoms with Crippen LogP contribution < -0.4 is 16.2 Å². The van der Waals surface area contributed by atoms with Crippen LogP contribution in [0.4, 0.5) is 0 Å². The standard InChI is InChI=1S/C12H17N/c1-3-10-7-5-6-8-11(10)9-12(13)4-2/h3,5-9,12H,4,13H2,1-2H3/b10-3-,11-9-. The molecule has 0 bridgehead atoms. The van der Waals surface area contributed by atoms with E-state index in [0.717, 1.165) is 6.42 Å². The highest BCUT2D eigenvalue weighted by Gasteiger charge is 1.91. The second kappa shape index (κ2) is 4.83. The SMILES string of the molecule is C/C=c1/cccc/c1=C/C(N)CC. The van der Waals surface area contributed by atoms with Crippen LogP contribution in [0.5, 0.6) is 0 Å². The van der Waals surface area contributed by atoms with Gasteiger partial charge in [0, 0.05) is 6.04 Å². The largest absolute Gasteiger partial charge is 0.324 e. The highest BCUT2D eigenvalue weighted by molar-refractivity contribution is 5.33. The molecule has 0 spiro atoms. The van der Waals surface area contributed by atoms with Gasteiger partial charge in [0.05, 0.1) is 0 Å². The lowest BCUT2D eigenvalue weighted by Gasteiger charge is -2.00. The van der Waals surface area contributed by atoms with Gasteiger partial charge < -0.3 is 5.73 Å². The molecule has 0 amide bonds. The minimum absolute atomic E-state index is 0.168. The molecule has 0 aliphatic rings. The monoisotopic (exact) mass is 175 g/mol. The van der Waals surface area contributed by atoms with Crippen molar-refractivity contribution < 1.29 is 0 Å². The molecule has 0 aliphatic carbocycles. The summed E-state index contributed by atoms with van der Waals surface area (Å²) in [4.78, 5) is 0. The zero-order chi connectivity index (χ0) is 9.68. The van der Waals surface area contributed by atoms with Crippen molar-refractivity contribution in [3.8, 4) is 0 Å². The third-order valence-electron chi connectivity index (χ3n) is 2.17. The Morgan fingerprint density at radius 1 is 1.31 bits per heavy atom. The van der Waals surface area contributed by atoms with E-state index in [0.29, 0.717) is 0 Å². The topological polar surface area (TPSA) is 26.0 Å². The van der Waals surface area contributed by atoms with Gasteiger partial charge in [-0.05, 0) is 23.8 Å². The Hall–Kier alpha value is -1.08. The van der Waals surface area contributed by atoms with Crippen molar-refractivity contribution in [2.24, 2.45) is 5.73 Å². The molecule has 1 aromatic carbocycles. The quantitative estimate of drug-likeness (QED) is 0.713. The summed E-state index contributed by atoms with van der Waals surface area (Å²) >= 11 is 0. The smallest absolute Gasteiger partial charge is 0.0230 e. The van der Waals surface area contributed by atoms with Crippen LogP contribution in [0.25, 0.3) is 12.2 Å². The number of benzene rings is 1. The molecule has 0 radical (unpaired) electrons. The predicted octanol–water partition coefficient (Wildman–Crippen LogP) is 1.00. The molecule has 1 nitrogen and oxygen atoms in total. The van der Waals surface area contributed by atoms with Crippen LogP contribution in [0.2, 0.25) is 0 Å². The maximum absolute atomic E-state index is 5.86. The van der Waals surface area contributed by atoms with Gasteiger partial charge in [0.2, 0.25) is 0 Å². The first-order valence-electron chi connectivity index (χ1n) is 4.76. The lowest BCUT2D eigenvalue weighted by Crippen LogP contribution is -2.28. The van der Waals surface area contributed by atoms with E-state index in [9.17, 15) is 0 Å². The van der Waals surface area contributed by atoms with Gasteiger partial charge in [-0.25, -0.2) is 0 Å². The molecular formula is C12H17N. The van der Waals surface area contributed by atoms with Gasteiger partial charge in [0.25, 0.3) is 0 Å². The molecule has 1 atom stereocenters. The van der Waals surface area contributed by atoms with Gasteiger partial charge in [-0.1, -0.05) is 43.3 Å². The van der Waals surface area contributed by atoms with Gasteiger partial charge in [-0.15, -0.1) is 0 Å². The van der Waals surface area contributed by atoms with Crippen LogP contribution in [-0.2, 0) is 0 Å². The molecule has 0 saturated heterocycles. The fourth-order valence-electron chi connectivity index (χ4n) is 1.27. The zero-order valence-corrected chi connectivity index (χ0v) is 8.33. The Labute approximate surface area is 79.6 Å². The van der Waals surface area contributed by atoms with E-state index in [4.69, 9.17) is 5.73 Å². The van der Waals surface area contributed by atoms with Crippen LogP contribution in [0, 0.1) is 0 Å². The molecule has 0 fully saturated rings. The fraction of sp³-hybridized carbons (Fsp3) is 0.333. The molecule has 1 rings (SSSR count). The predicted molar refractivity (Wildman–Crippen MR) is 58.6 cm³/mol. The third kappa shape index (κ3) is 2.71. The first-order chi connectivity index (χ1) is 6.27. The van der Waals surface area contributed by atoms with E-state index in [1.807, 2.05) is 19.1 Å². The molecule has 0 aromatic heterocycles. The molecule has 13 heavy (non-hydrogen) atoms. The summed E-state index contributed by atoms with van der Waals surface area (Å²) in [7, 11) is 0. The number of hydrogen-bond acceptors (Lipinski definition) is 1. The third-order valence-corrected chi connectivity index (χ3v) is 2.17. The summed E-state index contributed by atoms with van der Waals surface area (Å²) in [5.74, 6) is 0. The molecule has 1 heteroatoms. The fourth-order valence-corrected chi connectivity index (χ4v) is 1.27. The molecule has 1 unspecified atom stereocenters. The molecule has 0 aliphatic heterocycles. The van der Waals surface area contributed by atoms with Gasteiger partial charge in [0.15, 0.2) is 0 Å². The van der Waals surface area contributed by atoms with Crippen LogP contribution in [-0.4, -0.2) is 6.04 Å². The normalized spacial score (nSPS) is 16.2. The highest BCUT2D eigenvalue weighted by Crippen LogP contribution is 1.85. The van der Waals surface area contributed by atoms with Gasteiger partial charge in [-0.3, -0.25) is 0 Å². The minimum atomic E-state index is 0.168. The average molecular weight is 175 g/mol. The van der Waals surface area contributed by atoms with Crippen molar-refractivity contribution in [3.63, 3.8) is 0 Å². The van der Waals surface area contributed by atoms with E-state index in [1.165, 1.54) is 10.4 Å². The average Bonchev–Trinajstić information content (AvgIpc) is 2.18. The van der Waals surface area contributed by atoms with Crippen molar-refractivity contribution in [3.05, 3.63) is 34.7 Å². The Morgan fingerprint density at radius 2 is 1.92 bits per heavy atom. The maximum atomic E-state index is 5.86. The Bertz CT molecular complexity index is 365. The first-order valence-corrected chi connectivity index (χ1v) is 4.76. The van der Waals surface area contributed by atoms with Crippen molar-refractivity contribution >= 4 is 12.2 Å². The molecule has 0 saturated carbocycles. The Kier molecular flexibility index (Phi) is 3.71. The number of hydrogen-bond donors (Lipinski definition) is 1. The van der Waals surface area contributed by atoms with Crippen LogP contribution in [0.15, 0.2) is 24.3 Å². The summed E-state index contributed by atoms with van der Waals surface area (Å²) in [6.45, 7) is 4.14. The van der Waals surface area contributed by atoms with Gasteiger partial charge >= 0.3 is 0 Å². The van der Waals surface area contributed by atoms with Crippen molar-refractivity contribution in [1.29, 1.82) is 0 Å². The van der Waals surface area contributed by atoms with Crippen molar-refractivity contribution in [2.45, 2.75) is 26.3 Å². The van der Waals surface area contributed by atoms with E-state index >= 15 is 0 Å². The molecule has 0 heterocycles. The van der Waals surface area contributed by atoms with Crippen molar-refractivity contribution in [2.75, 3.05) is 0 Å². The zero-order valence-electron chi connectivity index (χ0n) is 8.33. The van der Waals surface area contributed by atoms with Gasteiger partial charge in [0.1, 0.15) is 0 Å². The molecule has 2 N–H and O–H groups in total. The van der Waals surface area contributed by atoms with Gasteiger partial charge in [-0.2, -0.15) is 0 Å². The first kappa shape index (κ1) is 10.0.